The summed E-state index contributed by atoms with van der Waals surface area (Å²) in [6.45, 7) is 0.228. The van der Waals surface area contributed by atoms with Gasteiger partial charge in [0.15, 0.2) is 0 Å². The number of hydrogen-bond acceptors (Lipinski definition) is 4. The summed E-state index contributed by atoms with van der Waals surface area (Å²) in [6.07, 6.45) is 0.418. The van der Waals surface area contributed by atoms with Gasteiger partial charge >= 0.3 is 6.03 Å². The zero-order valence-corrected chi connectivity index (χ0v) is 14.7. The van der Waals surface area contributed by atoms with Crippen LogP contribution in [0.4, 0.5) is 4.79 Å². The topological polar surface area (TPSA) is 69.7 Å². The molecule has 1 saturated heterocycles. The first-order valence-corrected chi connectivity index (χ1v) is 8.84. The monoisotopic (exact) mass is 357 g/mol. The molecule has 2 aromatic rings. The molecule has 1 N–H and O–H groups in total. The number of carbonyl (C=O) groups excluding carboxylic acids is 3. The Bertz CT molecular complexity index is 761. The number of nitrogens with one attached hydrogen (secondary N) is 1. The predicted molar refractivity (Wildman–Crippen MR) is 95.0 cm³/mol. The molecule has 2 heterocycles. The first-order chi connectivity index (χ1) is 12.0. The fraction of sp³-hybridized carbons (Fsp3) is 0.278. The van der Waals surface area contributed by atoms with E-state index in [9.17, 15) is 14.4 Å². The first kappa shape index (κ1) is 17.2. The van der Waals surface area contributed by atoms with Crippen LogP contribution in [-0.2, 0) is 22.6 Å². The molecule has 6 nitrogen and oxygen atoms in total. The van der Waals surface area contributed by atoms with Crippen LogP contribution in [0, 0.1) is 0 Å². The van der Waals surface area contributed by atoms with E-state index in [4.69, 9.17) is 0 Å². The van der Waals surface area contributed by atoms with Crippen molar-refractivity contribution in [3.8, 4) is 0 Å². The summed E-state index contributed by atoms with van der Waals surface area (Å²) in [5.41, 5.74) is 0.962. The Balaban J connectivity index is 1.59. The van der Waals surface area contributed by atoms with Crippen LogP contribution in [0.1, 0.15) is 10.4 Å². The van der Waals surface area contributed by atoms with Gasteiger partial charge in [-0.15, -0.1) is 11.3 Å². The molecule has 1 aromatic carbocycles. The minimum atomic E-state index is -0.620. The average molecular weight is 357 g/mol. The van der Waals surface area contributed by atoms with E-state index in [-0.39, 0.29) is 18.4 Å². The Morgan fingerprint density at radius 3 is 2.64 bits per heavy atom. The van der Waals surface area contributed by atoms with E-state index in [1.54, 1.807) is 18.4 Å². The average Bonchev–Trinajstić information content (AvgIpc) is 3.20. The number of likely N-dealkylation sites (N-methyl/N-ethyl adjacent to an activating group) is 1. The van der Waals surface area contributed by atoms with Crippen LogP contribution >= 0.6 is 11.3 Å². The summed E-state index contributed by atoms with van der Waals surface area (Å²) < 4.78 is 0. The second-order valence-corrected chi connectivity index (χ2v) is 6.98. The minimum absolute atomic E-state index is 0.238. The van der Waals surface area contributed by atoms with E-state index >= 15 is 0 Å². The van der Waals surface area contributed by atoms with Gasteiger partial charge in [-0.2, -0.15) is 0 Å². The highest BCUT2D eigenvalue weighted by Gasteiger charge is 2.39. The molecule has 3 rings (SSSR count). The quantitative estimate of drug-likeness (QED) is 0.803. The van der Waals surface area contributed by atoms with Crippen LogP contribution in [0.25, 0.3) is 0 Å². The molecule has 130 valence electrons. The molecule has 1 aliphatic rings. The van der Waals surface area contributed by atoms with Gasteiger partial charge in [-0.3, -0.25) is 14.5 Å². The molecule has 0 saturated carbocycles. The van der Waals surface area contributed by atoms with Crippen molar-refractivity contribution in [1.82, 2.24) is 15.1 Å². The maximum Gasteiger partial charge on any atom is 0.325 e. The Kier molecular flexibility index (Phi) is 5.14. The molecule has 0 bridgehead atoms. The number of amides is 4. The van der Waals surface area contributed by atoms with Crippen molar-refractivity contribution < 1.29 is 14.4 Å². The number of thiophene rings is 1. The van der Waals surface area contributed by atoms with Gasteiger partial charge in [0.05, 0.1) is 6.54 Å². The van der Waals surface area contributed by atoms with Gasteiger partial charge < -0.3 is 10.2 Å². The second kappa shape index (κ2) is 7.48. The minimum Gasteiger partial charge on any atom is -0.339 e. The van der Waals surface area contributed by atoms with E-state index in [1.165, 1.54) is 4.90 Å². The van der Waals surface area contributed by atoms with Crippen LogP contribution in [0.15, 0.2) is 47.8 Å². The number of hydrogen-bond donors (Lipinski definition) is 1. The van der Waals surface area contributed by atoms with Gasteiger partial charge in [-0.1, -0.05) is 36.4 Å². The summed E-state index contributed by atoms with van der Waals surface area (Å²) in [4.78, 5) is 40.5. The van der Waals surface area contributed by atoms with Gasteiger partial charge in [0.1, 0.15) is 12.6 Å². The third kappa shape index (κ3) is 4.06. The normalized spacial score (nSPS) is 16.8. The van der Waals surface area contributed by atoms with Gasteiger partial charge in [0.25, 0.3) is 5.91 Å². The highest BCUT2D eigenvalue weighted by Crippen LogP contribution is 2.14. The van der Waals surface area contributed by atoms with E-state index in [0.29, 0.717) is 13.0 Å². The maximum absolute atomic E-state index is 12.5. The Labute approximate surface area is 150 Å². The number of imide groups is 1. The Morgan fingerprint density at radius 1 is 1.20 bits per heavy atom. The number of urea groups is 1. The van der Waals surface area contributed by atoms with E-state index in [0.717, 1.165) is 15.3 Å². The lowest BCUT2D eigenvalue weighted by molar-refractivity contribution is -0.136. The van der Waals surface area contributed by atoms with Crippen molar-refractivity contribution in [3.63, 3.8) is 0 Å². The third-order valence-electron chi connectivity index (χ3n) is 4.08. The SMILES string of the molecule is CN(Cc1cccs1)C(=O)CN1C(=O)N[C@@H](Cc2ccccc2)C1=O. The molecule has 1 atom stereocenters. The van der Waals surface area contributed by atoms with E-state index < -0.39 is 12.1 Å². The van der Waals surface area contributed by atoms with Crippen molar-refractivity contribution in [2.75, 3.05) is 13.6 Å². The second-order valence-electron chi connectivity index (χ2n) is 5.95. The fourth-order valence-corrected chi connectivity index (χ4v) is 3.45. The zero-order chi connectivity index (χ0) is 17.8. The highest BCUT2D eigenvalue weighted by atomic mass is 32.1. The summed E-state index contributed by atoms with van der Waals surface area (Å²) in [5.74, 6) is -0.621. The lowest BCUT2D eigenvalue weighted by Gasteiger charge is -2.19. The molecule has 1 aromatic heterocycles. The lowest BCUT2D eigenvalue weighted by Crippen LogP contribution is -2.41. The molecule has 1 aliphatic heterocycles. The zero-order valence-electron chi connectivity index (χ0n) is 13.8. The first-order valence-electron chi connectivity index (χ1n) is 7.96. The summed E-state index contributed by atoms with van der Waals surface area (Å²) >= 11 is 1.56. The molecule has 7 heteroatoms. The van der Waals surface area contributed by atoms with Crippen LogP contribution in [0.5, 0.6) is 0 Å². The van der Waals surface area contributed by atoms with Crippen LogP contribution in [-0.4, -0.2) is 47.3 Å². The van der Waals surface area contributed by atoms with E-state index in [2.05, 4.69) is 5.32 Å². The molecule has 0 unspecified atom stereocenters. The summed E-state index contributed by atoms with van der Waals surface area (Å²) in [7, 11) is 1.67. The molecular weight excluding hydrogens is 338 g/mol. The lowest BCUT2D eigenvalue weighted by atomic mass is 10.1. The van der Waals surface area contributed by atoms with Crippen molar-refractivity contribution in [2.45, 2.75) is 19.0 Å². The van der Waals surface area contributed by atoms with Crippen molar-refractivity contribution in [3.05, 3.63) is 58.3 Å². The fourth-order valence-electron chi connectivity index (χ4n) is 2.70. The largest absolute Gasteiger partial charge is 0.339 e. The number of benzene rings is 1. The van der Waals surface area contributed by atoms with Gasteiger partial charge in [0.2, 0.25) is 5.91 Å². The molecular formula is C18H19N3O3S. The van der Waals surface area contributed by atoms with Crippen LogP contribution in [0.3, 0.4) is 0 Å². The van der Waals surface area contributed by atoms with Gasteiger partial charge in [0, 0.05) is 18.3 Å². The third-order valence-corrected chi connectivity index (χ3v) is 4.94. The van der Waals surface area contributed by atoms with Crippen LogP contribution in [0.2, 0.25) is 0 Å². The van der Waals surface area contributed by atoms with Gasteiger partial charge in [-0.25, -0.2) is 4.79 Å². The van der Waals surface area contributed by atoms with E-state index in [1.807, 2.05) is 47.8 Å². The van der Waals surface area contributed by atoms with Crippen LogP contribution < -0.4 is 5.32 Å². The Hall–Kier alpha value is -2.67. The number of nitrogens with zero attached hydrogens (tertiary/aromatic N) is 2. The molecule has 4 amide bonds. The smallest absolute Gasteiger partial charge is 0.325 e. The number of rotatable bonds is 6. The van der Waals surface area contributed by atoms with Gasteiger partial charge in [-0.05, 0) is 17.0 Å². The molecule has 1 fully saturated rings. The van der Waals surface area contributed by atoms with Crippen molar-refractivity contribution >= 4 is 29.2 Å². The molecule has 0 spiro atoms. The predicted octanol–water partition coefficient (Wildman–Crippen LogP) is 1.87. The number of carbonyl (C=O) groups is 3. The maximum atomic E-state index is 12.5. The molecule has 25 heavy (non-hydrogen) atoms. The standard InChI is InChI=1S/C18H19N3O3S/c1-20(11-14-8-5-9-25-14)16(22)12-21-17(23)15(19-18(21)24)10-13-6-3-2-4-7-13/h2-9,15H,10-12H2,1H3,(H,19,24)/t15-/m0/s1. The molecule has 0 aliphatic carbocycles. The summed E-state index contributed by atoms with van der Waals surface area (Å²) in [6, 6.07) is 12.2. The van der Waals surface area contributed by atoms with Crippen molar-refractivity contribution in [1.29, 1.82) is 0 Å². The summed E-state index contributed by atoms with van der Waals surface area (Å²) in [5, 5.41) is 4.60. The Morgan fingerprint density at radius 2 is 1.96 bits per heavy atom. The van der Waals surface area contributed by atoms with Crippen molar-refractivity contribution in [2.24, 2.45) is 0 Å². The highest BCUT2D eigenvalue weighted by molar-refractivity contribution is 7.09. The molecule has 0 radical (unpaired) electrons.